The zero-order valence-electron chi connectivity index (χ0n) is 6.66. The fourth-order valence-electron chi connectivity index (χ4n) is 0.927. The number of hydrogen-bond donors (Lipinski definition) is 0. The van der Waals surface area contributed by atoms with Crippen molar-refractivity contribution in [3.05, 3.63) is 0 Å². The van der Waals surface area contributed by atoms with Gasteiger partial charge in [-0.2, -0.15) is 0 Å². The van der Waals surface area contributed by atoms with Gasteiger partial charge in [-0.3, -0.25) is 4.79 Å². The van der Waals surface area contributed by atoms with Gasteiger partial charge < -0.3 is 9.64 Å². The quantitative estimate of drug-likeness (QED) is 0.411. The molecule has 1 rings (SSSR count). The Bertz CT molecular complexity index is 190. The summed E-state index contributed by atoms with van der Waals surface area (Å²) in [4.78, 5) is 23.0. The zero-order valence-corrected chi connectivity index (χ0v) is 6.66. The van der Waals surface area contributed by atoms with Crippen LogP contribution in [0.4, 0.5) is 0 Å². The largest absolute Gasteiger partial charge is 0.464 e. The van der Waals surface area contributed by atoms with Crippen LogP contribution in [0, 0.1) is 0 Å². The summed E-state index contributed by atoms with van der Waals surface area (Å²) in [6.07, 6.45) is 0. The summed E-state index contributed by atoms with van der Waals surface area (Å²) in [7, 11) is 0. The van der Waals surface area contributed by atoms with Crippen molar-refractivity contribution in [2.24, 2.45) is 0 Å². The molecule has 0 spiro atoms. The maximum Gasteiger partial charge on any atom is 0.330 e. The van der Waals surface area contributed by atoms with E-state index in [2.05, 4.69) is 0 Å². The average molecular weight is 157 g/mol. The lowest BCUT2D eigenvalue weighted by Crippen LogP contribution is -2.18. The molecule has 0 bridgehead atoms. The third-order valence-electron chi connectivity index (χ3n) is 1.58. The van der Waals surface area contributed by atoms with E-state index in [0.29, 0.717) is 13.2 Å². The molecule has 0 aliphatic carbocycles. The summed E-state index contributed by atoms with van der Waals surface area (Å²) in [6.45, 7) is 4.09. The van der Waals surface area contributed by atoms with Gasteiger partial charge in [0.2, 0.25) is 5.91 Å². The van der Waals surface area contributed by atoms with Crippen molar-refractivity contribution in [1.29, 1.82) is 0 Å². The molecule has 0 saturated carbocycles. The van der Waals surface area contributed by atoms with Crippen molar-refractivity contribution in [2.75, 3.05) is 13.2 Å². The number of ether oxygens (including phenoxy) is 1. The van der Waals surface area contributed by atoms with Crippen molar-refractivity contribution in [2.45, 2.75) is 19.9 Å². The van der Waals surface area contributed by atoms with Gasteiger partial charge in [0.25, 0.3) is 0 Å². The minimum atomic E-state index is -0.299. The van der Waals surface area contributed by atoms with E-state index in [0.717, 1.165) is 0 Å². The predicted molar refractivity (Wildman–Crippen MR) is 37.8 cm³/mol. The number of amides is 1. The molecule has 0 aromatic carbocycles. The van der Waals surface area contributed by atoms with Gasteiger partial charge in [-0.25, -0.2) is 4.79 Å². The zero-order chi connectivity index (χ0) is 8.43. The number of hydrogen-bond acceptors (Lipinski definition) is 3. The fourth-order valence-corrected chi connectivity index (χ4v) is 0.927. The smallest absolute Gasteiger partial charge is 0.330 e. The summed E-state index contributed by atoms with van der Waals surface area (Å²) in [5.41, 5.74) is 0. The normalized spacial score (nSPS) is 21.3. The van der Waals surface area contributed by atoms with Crippen LogP contribution in [-0.4, -0.2) is 36.0 Å². The number of carbonyl (C=O) groups is 2. The minimum absolute atomic E-state index is 0.0666. The molecule has 11 heavy (non-hydrogen) atoms. The van der Waals surface area contributed by atoms with E-state index in [1.807, 2.05) is 0 Å². The van der Waals surface area contributed by atoms with Crippen LogP contribution < -0.4 is 0 Å². The van der Waals surface area contributed by atoms with E-state index < -0.39 is 0 Å². The van der Waals surface area contributed by atoms with Crippen LogP contribution in [0.1, 0.15) is 13.8 Å². The highest BCUT2D eigenvalue weighted by Gasteiger charge is 2.43. The lowest BCUT2D eigenvalue weighted by Gasteiger charge is -1.99. The first-order valence-electron chi connectivity index (χ1n) is 3.60. The molecule has 1 aliphatic rings. The van der Waals surface area contributed by atoms with Crippen LogP contribution >= 0.6 is 0 Å². The molecular weight excluding hydrogens is 146 g/mol. The Morgan fingerprint density at radius 2 is 2.27 bits per heavy atom. The summed E-state index contributed by atoms with van der Waals surface area (Å²) in [5.74, 6) is -0.356. The predicted octanol–water partition coefficient (Wildman–Crippen LogP) is -0.220. The van der Waals surface area contributed by atoms with Crippen LogP contribution in [-0.2, 0) is 14.3 Å². The van der Waals surface area contributed by atoms with Gasteiger partial charge >= 0.3 is 5.97 Å². The van der Waals surface area contributed by atoms with E-state index in [4.69, 9.17) is 4.74 Å². The van der Waals surface area contributed by atoms with Gasteiger partial charge in [-0.05, 0) is 6.92 Å². The molecule has 4 heteroatoms. The highest BCUT2D eigenvalue weighted by Crippen LogP contribution is 2.18. The topological polar surface area (TPSA) is 46.4 Å². The molecule has 1 heterocycles. The lowest BCUT2D eigenvalue weighted by atomic mass is 10.5. The molecule has 0 radical (unpaired) electrons. The first-order chi connectivity index (χ1) is 5.16. The van der Waals surface area contributed by atoms with Gasteiger partial charge in [-0.1, -0.05) is 0 Å². The number of nitrogens with zero attached hydrogens (tertiary/aromatic N) is 1. The van der Waals surface area contributed by atoms with E-state index in [1.165, 1.54) is 11.8 Å². The molecule has 0 aromatic heterocycles. The molecule has 1 fully saturated rings. The van der Waals surface area contributed by atoms with Gasteiger partial charge in [0.15, 0.2) is 0 Å². The van der Waals surface area contributed by atoms with Gasteiger partial charge in [0.1, 0.15) is 6.04 Å². The van der Waals surface area contributed by atoms with Crippen LogP contribution in [0.2, 0.25) is 0 Å². The second-order valence-electron chi connectivity index (χ2n) is 2.44. The lowest BCUT2D eigenvalue weighted by molar-refractivity contribution is -0.144. The molecular formula is C7H11NO3. The third-order valence-corrected chi connectivity index (χ3v) is 1.58. The second-order valence-corrected chi connectivity index (χ2v) is 2.44. The molecule has 1 aliphatic heterocycles. The van der Waals surface area contributed by atoms with E-state index in [-0.39, 0.29) is 17.9 Å². The third kappa shape index (κ3) is 1.69. The Hall–Kier alpha value is -1.06. The van der Waals surface area contributed by atoms with Crippen molar-refractivity contribution in [3.8, 4) is 0 Å². The molecule has 62 valence electrons. The minimum Gasteiger partial charge on any atom is -0.464 e. The van der Waals surface area contributed by atoms with Crippen molar-refractivity contribution in [3.63, 3.8) is 0 Å². The van der Waals surface area contributed by atoms with Crippen molar-refractivity contribution < 1.29 is 14.3 Å². The monoisotopic (exact) mass is 157 g/mol. The molecule has 0 N–H and O–H groups in total. The number of esters is 1. The van der Waals surface area contributed by atoms with E-state index in [1.54, 1.807) is 6.92 Å². The number of carbonyl (C=O) groups excluding carboxylic acids is 2. The Balaban J connectivity index is 2.32. The van der Waals surface area contributed by atoms with Crippen molar-refractivity contribution in [1.82, 2.24) is 4.90 Å². The van der Waals surface area contributed by atoms with Gasteiger partial charge in [0, 0.05) is 6.92 Å². The maximum absolute atomic E-state index is 10.9. The first-order valence-corrected chi connectivity index (χ1v) is 3.60. The number of rotatable bonds is 2. The Morgan fingerprint density at radius 3 is 2.64 bits per heavy atom. The summed E-state index contributed by atoms with van der Waals surface area (Å²) in [5, 5.41) is 0. The molecule has 1 amide bonds. The average Bonchev–Trinajstić information content (AvgIpc) is 2.65. The van der Waals surface area contributed by atoms with E-state index >= 15 is 0 Å². The molecule has 1 saturated heterocycles. The van der Waals surface area contributed by atoms with Gasteiger partial charge in [-0.15, -0.1) is 0 Å². The molecule has 4 nitrogen and oxygen atoms in total. The second kappa shape index (κ2) is 2.90. The van der Waals surface area contributed by atoms with Crippen LogP contribution in [0.15, 0.2) is 0 Å². The van der Waals surface area contributed by atoms with Gasteiger partial charge in [0.05, 0.1) is 13.2 Å². The fraction of sp³-hybridized carbons (Fsp3) is 0.714. The maximum atomic E-state index is 10.9. The van der Waals surface area contributed by atoms with Crippen LogP contribution in [0.5, 0.6) is 0 Å². The Morgan fingerprint density at radius 1 is 1.64 bits per heavy atom. The highest BCUT2D eigenvalue weighted by molar-refractivity contribution is 5.88. The summed E-state index contributed by atoms with van der Waals surface area (Å²) >= 11 is 0. The standard InChI is InChI=1S/C7H11NO3/c1-3-11-7(10)6-4-8(6)5(2)9/h6H,3-4H2,1-2H3. The Kier molecular flexibility index (Phi) is 2.12. The van der Waals surface area contributed by atoms with Crippen LogP contribution in [0.3, 0.4) is 0 Å². The summed E-state index contributed by atoms with van der Waals surface area (Å²) < 4.78 is 4.71. The molecule has 0 aromatic rings. The van der Waals surface area contributed by atoms with E-state index in [9.17, 15) is 9.59 Å². The first kappa shape index (κ1) is 8.04. The van der Waals surface area contributed by atoms with Crippen molar-refractivity contribution >= 4 is 11.9 Å². The molecule has 1 unspecified atom stereocenters. The SMILES string of the molecule is CCOC(=O)C1CN1C(C)=O. The van der Waals surface area contributed by atoms with Crippen LogP contribution in [0.25, 0.3) is 0 Å². The summed E-state index contributed by atoms with van der Waals surface area (Å²) in [6, 6.07) is -0.299. The highest BCUT2D eigenvalue weighted by atomic mass is 16.5. The molecule has 1 atom stereocenters. The Labute approximate surface area is 65.1 Å².